The molecule has 0 spiro atoms. The Labute approximate surface area is 188 Å². The minimum Gasteiger partial charge on any atom is -0.295 e. The number of nitrogens with zero attached hydrogens (tertiary/aromatic N) is 2. The lowest BCUT2D eigenvalue weighted by Gasteiger charge is -2.30. The molecule has 0 fully saturated rings. The summed E-state index contributed by atoms with van der Waals surface area (Å²) in [6, 6.07) is 12.4. The molecule has 0 radical (unpaired) electrons. The molecule has 0 bridgehead atoms. The van der Waals surface area contributed by atoms with Gasteiger partial charge in [-0.15, -0.1) is 0 Å². The smallest absolute Gasteiger partial charge is 0.264 e. The second-order valence-electron chi connectivity index (χ2n) is 7.80. The van der Waals surface area contributed by atoms with Crippen LogP contribution in [0.5, 0.6) is 0 Å². The van der Waals surface area contributed by atoms with Gasteiger partial charge in [-0.1, -0.05) is 48.7 Å². The summed E-state index contributed by atoms with van der Waals surface area (Å²) in [5, 5.41) is 8.93. The number of sulfonamides is 1. The third kappa shape index (κ3) is 5.03. The zero-order chi connectivity index (χ0) is 22.6. The molecule has 1 aliphatic heterocycles. The van der Waals surface area contributed by atoms with Gasteiger partial charge in [0.2, 0.25) is 5.91 Å². The number of anilines is 1. The van der Waals surface area contributed by atoms with Gasteiger partial charge in [-0.05, 0) is 55.8 Å². The van der Waals surface area contributed by atoms with E-state index in [2.05, 4.69) is 4.90 Å². The first-order chi connectivity index (χ1) is 14.8. The van der Waals surface area contributed by atoms with E-state index in [0.717, 1.165) is 31.4 Å². The number of hydrogen-bond acceptors (Lipinski definition) is 5. The van der Waals surface area contributed by atoms with Crippen molar-refractivity contribution < 1.29 is 18.4 Å². The number of nitrogens with one attached hydrogen (secondary N) is 1. The highest BCUT2D eigenvalue weighted by Crippen LogP contribution is 2.43. The highest BCUT2D eigenvalue weighted by Gasteiger charge is 2.36. The molecule has 1 aliphatic rings. The molecule has 0 aliphatic carbocycles. The Morgan fingerprint density at radius 2 is 1.84 bits per heavy atom. The van der Waals surface area contributed by atoms with Gasteiger partial charge in [-0.25, -0.2) is 13.9 Å². The number of hydrogen-bond donors (Lipinski definition) is 2. The number of carbonyl (C=O) groups excluding carboxylic acids is 1. The Hall–Kier alpha value is -2.13. The van der Waals surface area contributed by atoms with Crippen molar-refractivity contribution in [3.05, 3.63) is 58.6 Å². The van der Waals surface area contributed by atoms with Crippen LogP contribution >= 0.6 is 11.6 Å². The summed E-state index contributed by atoms with van der Waals surface area (Å²) in [6.45, 7) is 0.761. The van der Waals surface area contributed by atoms with Gasteiger partial charge in [0.1, 0.15) is 0 Å². The molecule has 2 aromatic carbocycles. The summed E-state index contributed by atoms with van der Waals surface area (Å²) in [7, 11) is -0.169. The molecule has 168 valence electrons. The lowest BCUT2D eigenvalue weighted by Crippen LogP contribution is -2.27. The SMILES string of the molecule is CN(CCCCCCC(=O)NO)C1c2ccccc2N(C)S(=O)(=O)c2cc(Cl)ccc21. The van der Waals surface area contributed by atoms with Gasteiger partial charge in [-0.2, -0.15) is 0 Å². The quantitative estimate of drug-likeness (QED) is 0.350. The van der Waals surface area contributed by atoms with Crippen molar-refractivity contribution in [2.24, 2.45) is 0 Å². The molecule has 31 heavy (non-hydrogen) atoms. The van der Waals surface area contributed by atoms with Crippen LogP contribution in [0.2, 0.25) is 5.02 Å². The molecule has 0 saturated heterocycles. The second kappa shape index (κ2) is 9.99. The first kappa shape index (κ1) is 23.5. The fraction of sp³-hybridized carbons (Fsp3) is 0.409. The first-order valence-electron chi connectivity index (χ1n) is 10.3. The monoisotopic (exact) mass is 465 g/mol. The maximum Gasteiger partial charge on any atom is 0.264 e. The lowest BCUT2D eigenvalue weighted by molar-refractivity contribution is -0.129. The number of unbranched alkanes of at least 4 members (excludes halogenated alkanes) is 3. The zero-order valence-corrected chi connectivity index (χ0v) is 19.3. The molecule has 1 heterocycles. The third-order valence-corrected chi connectivity index (χ3v) is 7.77. The predicted octanol–water partition coefficient (Wildman–Crippen LogP) is 3.96. The fourth-order valence-electron chi connectivity index (χ4n) is 4.07. The molecular formula is C22H28ClN3O4S. The van der Waals surface area contributed by atoms with E-state index in [1.807, 2.05) is 31.3 Å². The fourth-order valence-corrected chi connectivity index (χ4v) is 5.78. The normalized spacial score (nSPS) is 17.1. The van der Waals surface area contributed by atoms with Crippen molar-refractivity contribution in [2.75, 3.05) is 24.9 Å². The highest BCUT2D eigenvalue weighted by molar-refractivity contribution is 7.92. The highest BCUT2D eigenvalue weighted by atomic mass is 35.5. The number of fused-ring (bicyclic) bond motifs is 2. The van der Waals surface area contributed by atoms with Crippen LogP contribution in [0.1, 0.15) is 49.3 Å². The number of benzene rings is 2. The Morgan fingerprint density at radius 1 is 1.13 bits per heavy atom. The summed E-state index contributed by atoms with van der Waals surface area (Å²) < 4.78 is 28.0. The number of para-hydroxylation sites is 1. The Morgan fingerprint density at radius 3 is 2.58 bits per heavy atom. The lowest BCUT2D eigenvalue weighted by atomic mass is 9.95. The zero-order valence-electron chi connectivity index (χ0n) is 17.7. The molecule has 7 nitrogen and oxygen atoms in total. The van der Waals surface area contributed by atoms with Gasteiger partial charge in [0.15, 0.2) is 0 Å². The Kier molecular flexibility index (Phi) is 7.59. The van der Waals surface area contributed by atoms with E-state index in [1.165, 1.54) is 10.4 Å². The molecule has 2 N–H and O–H groups in total. The van der Waals surface area contributed by atoms with Crippen LogP contribution in [0, 0.1) is 0 Å². The summed E-state index contributed by atoms with van der Waals surface area (Å²) in [5.74, 6) is -0.368. The number of halogens is 1. The third-order valence-electron chi connectivity index (χ3n) is 5.71. The van der Waals surface area contributed by atoms with Crippen LogP contribution < -0.4 is 9.79 Å². The van der Waals surface area contributed by atoms with Gasteiger partial charge in [0.25, 0.3) is 10.0 Å². The van der Waals surface area contributed by atoms with Crippen molar-refractivity contribution in [1.82, 2.24) is 10.4 Å². The maximum absolute atomic E-state index is 13.3. The van der Waals surface area contributed by atoms with E-state index in [4.69, 9.17) is 16.8 Å². The maximum atomic E-state index is 13.3. The van der Waals surface area contributed by atoms with Crippen LogP contribution in [0.4, 0.5) is 5.69 Å². The number of rotatable bonds is 8. The minimum atomic E-state index is -3.74. The van der Waals surface area contributed by atoms with Crippen LogP contribution in [-0.4, -0.2) is 45.1 Å². The predicted molar refractivity (Wildman–Crippen MR) is 121 cm³/mol. The summed E-state index contributed by atoms with van der Waals surface area (Å²) in [5.41, 5.74) is 3.94. The van der Waals surface area contributed by atoms with Crippen LogP contribution in [-0.2, 0) is 14.8 Å². The van der Waals surface area contributed by atoms with Crippen molar-refractivity contribution in [1.29, 1.82) is 0 Å². The number of hydroxylamine groups is 1. The largest absolute Gasteiger partial charge is 0.295 e. The molecular weight excluding hydrogens is 438 g/mol. The summed E-state index contributed by atoms with van der Waals surface area (Å²) in [4.78, 5) is 13.5. The Balaban J connectivity index is 1.86. The molecule has 2 aromatic rings. The van der Waals surface area contributed by atoms with E-state index in [0.29, 0.717) is 29.1 Å². The average molecular weight is 466 g/mol. The van der Waals surface area contributed by atoms with Gasteiger partial charge in [0, 0.05) is 18.5 Å². The van der Waals surface area contributed by atoms with Crippen LogP contribution in [0.3, 0.4) is 0 Å². The van der Waals surface area contributed by atoms with Crippen molar-refractivity contribution >= 4 is 33.2 Å². The molecule has 1 amide bonds. The van der Waals surface area contributed by atoms with E-state index in [9.17, 15) is 13.2 Å². The Bertz CT molecular complexity index is 1040. The molecule has 0 aromatic heterocycles. The minimum absolute atomic E-state index is 0.227. The standard InChI is InChI=1S/C22H28ClN3O4S/c1-25(14-8-4-3-5-11-21(27)24-28)22-17-9-6-7-10-19(17)26(2)31(29,30)20-15-16(23)12-13-18(20)22/h6-7,9-10,12-13,15,22,28H,3-5,8,11,14H2,1-2H3,(H,24,27). The van der Waals surface area contributed by atoms with E-state index in [-0.39, 0.29) is 16.8 Å². The first-order valence-corrected chi connectivity index (χ1v) is 12.1. The average Bonchev–Trinajstić information content (AvgIpc) is 2.82. The van der Waals surface area contributed by atoms with E-state index >= 15 is 0 Å². The molecule has 1 unspecified atom stereocenters. The number of amides is 1. The van der Waals surface area contributed by atoms with Crippen LogP contribution in [0.25, 0.3) is 0 Å². The second-order valence-corrected chi connectivity index (χ2v) is 10.2. The van der Waals surface area contributed by atoms with Crippen molar-refractivity contribution in [3.8, 4) is 0 Å². The topological polar surface area (TPSA) is 90.0 Å². The van der Waals surface area contributed by atoms with Crippen molar-refractivity contribution in [2.45, 2.75) is 43.0 Å². The van der Waals surface area contributed by atoms with Crippen LogP contribution in [0.15, 0.2) is 47.4 Å². The van der Waals surface area contributed by atoms with Gasteiger partial charge < -0.3 is 0 Å². The molecule has 9 heteroatoms. The summed E-state index contributed by atoms with van der Waals surface area (Å²) >= 11 is 6.17. The van der Waals surface area contributed by atoms with Gasteiger partial charge in [-0.3, -0.25) is 19.2 Å². The van der Waals surface area contributed by atoms with Gasteiger partial charge in [0.05, 0.1) is 16.6 Å². The molecule has 0 saturated carbocycles. The van der Waals surface area contributed by atoms with E-state index < -0.39 is 10.0 Å². The number of carbonyl (C=O) groups is 1. The van der Waals surface area contributed by atoms with E-state index in [1.54, 1.807) is 24.7 Å². The molecule has 1 atom stereocenters. The molecule has 3 rings (SSSR count). The summed E-state index contributed by atoms with van der Waals surface area (Å²) in [6.07, 6.45) is 3.74. The van der Waals surface area contributed by atoms with Crippen molar-refractivity contribution in [3.63, 3.8) is 0 Å². The van der Waals surface area contributed by atoms with Gasteiger partial charge >= 0.3 is 0 Å².